The molecular weight excluding hydrogens is 320 g/mol. The summed E-state index contributed by atoms with van der Waals surface area (Å²) in [5.41, 5.74) is 2.37. The van der Waals surface area contributed by atoms with Crippen LogP contribution < -0.4 is 4.90 Å². The van der Waals surface area contributed by atoms with Gasteiger partial charge >= 0.3 is 0 Å². The average Bonchev–Trinajstić information content (AvgIpc) is 3.01. The minimum absolute atomic E-state index is 0.105. The molecule has 2 heterocycles. The second-order valence-corrected chi connectivity index (χ2v) is 7.75. The first kappa shape index (κ1) is 17.3. The van der Waals surface area contributed by atoms with Crippen molar-refractivity contribution in [2.24, 2.45) is 5.41 Å². The molecular formula is C23H28N2O. The van der Waals surface area contributed by atoms with Crippen LogP contribution in [0.4, 0.5) is 5.69 Å². The molecule has 0 N–H and O–H groups in total. The van der Waals surface area contributed by atoms with Crippen LogP contribution in [0.3, 0.4) is 0 Å². The van der Waals surface area contributed by atoms with Gasteiger partial charge in [0.25, 0.3) is 0 Å². The number of rotatable bonds is 5. The molecule has 2 aromatic rings. The Morgan fingerprint density at radius 2 is 1.42 bits per heavy atom. The molecule has 2 fully saturated rings. The monoisotopic (exact) mass is 348 g/mol. The second kappa shape index (κ2) is 7.63. The lowest BCUT2D eigenvalue weighted by atomic mass is 9.77. The van der Waals surface area contributed by atoms with Gasteiger partial charge in [0.05, 0.1) is 5.41 Å². The first-order valence-electron chi connectivity index (χ1n) is 9.90. The van der Waals surface area contributed by atoms with Gasteiger partial charge in [0, 0.05) is 12.2 Å². The molecule has 2 aliphatic heterocycles. The SMILES string of the molecule is O=C1N(c2ccccc2)CCC12CCN(CCCc1ccccc1)CC2. The van der Waals surface area contributed by atoms with E-state index in [0.717, 1.165) is 57.5 Å². The molecule has 3 nitrogen and oxygen atoms in total. The predicted octanol–water partition coefficient (Wildman–Crippen LogP) is 4.14. The minimum Gasteiger partial charge on any atom is -0.312 e. The Kier molecular flexibility index (Phi) is 5.07. The second-order valence-electron chi connectivity index (χ2n) is 7.75. The average molecular weight is 348 g/mol. The van der Waals surface area contributed by atoms with Crippen molar-refractivity contribution in [2.75, 3.05) is 31.1 Å². The molecule has 26 heavy (non-hydrogen) atoms. The molecule has 0 saturated carbocycles. The number of benzene rings is 2. The summed E-state index contributed by atoms with van der Waals surface area (Å²) >= 11 is 0. The van der Waals surface area contributed by atoms with Crippen LogP contribution in [0, 0.1) is 5.41 Å². The van der Waals surface area contributed by atoms with Crippen LogP contribution >= 0.6 is 0 Å². The lowest BCUT2D eigenvalue weighted by Crippen LogP contribution is -2.45. The predicted molar refractivity (Wildman–Crippen MR) is 106 cm³/mol. The maximum Gasteiger partial charge on any atom is 0.233 e. The highest BCUT2D eigenvalue weighted by atomic mass is 16.2. The van der Waals surface area contributed by atoms with Gasteiger partial charge in [-0.15, -0.1) is 0 Å². The number of piperidine rings is 1. The minimum atomic E-state index is -0.105. The number of carbonyl (C=O) groups excluding carboxylic acids is 1. The first-order chi connectivity index (χ1) is 12.8. The summed E-state index contributed by atoms with van der Waals surface area (Å²) in [6.45, 7) is 4.13. The van der Waals surface area contributed by atoms with E-state index in [9.17, 15) is 4.79 Å². The summed E-state index contributed by atoms with van der Waals surface area (Å²) in [6.07, 6.45) is 5.38. The van der Waals surface area contributed by atoms with Crippen molar-refractivity contribution < 1.29 is 4.79 Å². The third-order valence-electron chi connectivity index (χ3n) is 6.18. The molecule has 3 heteroatoms. The molecule has 0 aliphatic carbocycles. The van der Waals surface area contributed by atoms with Gasteiger partial charge in [-0.05, 0) is 69.4 Å². The Hall–Kier alpha value is -2.13. The van der Waals surface area contributed by atoms with Crippen LogP contribution in [0.25, 0.3) is 0 Å². The highest BCUT2D eigenvalue weighted by molar-refractivity contribution is 5.99. The van der Waals surface area contributed by atoms with Crippen molar-refractivity contribution in [3.63, 3.8) is 0 Å². The van der Waals surface area contributed by atoms with Crippen LogP contribution in [0.2, 0.25) is 0 Å². The van der Waals surface area contributed by atoms with E-state index in [1.807, 2.05) is 23.1 Å². The van der Waals surface area contributed by atoms with E-state index in [0.29, 0.717) is 5.91 Å². The number of anilines is 1. The molecule has 4 rings (SSSR count). The molecule has 0 bridgehead atoms. The van der Waals surface area contributed by atoms with Crippen LogP contribution in [-0.4, -0.2) is 37.0 Å². The third-order valence-corrected chi connectivity index (χ3v) is 6.18. The van der Waals surface area contributed by atoms with Crippen molar-refractivity contribution in [1.29, 1.82) is 0 Å². The highest BCUT2D eigenvalue weighted by Gasteiger charge is 2.48. The van der Waals surface area contributed by atoms with E-state index >= 15 is 0 Å². The van der Waals surface area contributed by atoms with E-state index in [2.05, 4.69) is 47.4 Å². The molecule has 1 amide bonds. The summed E-state index contributed by atoms with van der Waals surface area (Å²) in [7, 11) is 0. The number of aryl methyl sites for hydroxylation is 1. The fraction of sp³-hybridized carbons (Fsp3) is 0.435. The Bertz CT molecular complexity index is 720. The number of nitrogens with zero attached hydrogens (tertiary/aromatic N) is 2. The number of para-hydroxylation sites is 1. The van der Waals surface area contributed by atoms with Gasteiger partial charge in [0.2, 0.25) is 5.91 Å². The third kappa shape index (κ3) is 3.54. The summed E-state index contributed by atoms with van der Waals surface area (Å²) < 4.78 is 0. The van der Waals surface area contributed by atoms with Crippen molar-refractivity contribution >= 4 is 11.6 Å². The molecule has 1 spiro atoms. The number of hydrogen-bond acceptors (Lipinski definition) is 2. The lowest BCUT2D eigenvalue weighted by Gasteiger charge is -2.38. The van der Waals surface area contributed by atoms with Crippen LogP contribution in [0.1, 0.15) is 31.2 Å². The summed E-state index contributed by atoms with van der Waals surface area (Å²) in [6, 6.07) is 20.9. The number of hydrogen-bond donors (Lipinski definition) is 0. The molecule has 2 aliphatic rings. The molecule has 0 unspecified atom stereocenters. The molecule has 2 aromatic carbocycles. The molecule has 2 saturated heterocycles. The summed E-state index contributed by atoms with van der Waals surface area (Å²) in [4.78, 5) is 17.6. The van der Waals surface area contributed by atoms with E-state index in [1.165, 1.54) is 12.0 Å². The summed E-state index contributed by atoms with van der Waals surface area (Å²) in [5, 5.41) is 0. The van der Waals surface area contributed by atoms with Gasteiger partial charge in [0.1, 0.15) is 0 Å². The molecule has 0 radical (unpaired) electrons. The zero-order chi connectivity index (χ0) is 17.8. The van der Waals surface area contributed by atoms with Gasteiger partial charge in [-0.25, -0.2) is 0 Å². The quantitative estimate of drug-likeness (QED) is 0.811. The number of carbonyl (C=O) groups is 1. The first-order valence-corrected chi connectivity index (χ1v) is 9.90. The maximum atomic E-state index is 13.1. The molecule has 136 valence electrons. The lowest BCUT2D eigenvalue weighted by molar-refractivity contribution is -0.128. The van der Waals surface area contributed by atoms with Gasteiger partial charge in [-0.1, -0.05) is 48.5 Å². The topological polar surface area (TPSA) is 23.6 Å². The van der Waals surface area contributed by atoms with Gasteiger partial charge in [-0.3, -0.25) is 4.79 Å². The van der Waals surface area contributed by atoms with Crippen molar-refractivity contribution in [3.8, 4) is 0 Å². The summed E-state index contributed by atoms with van der Waals surface area (Å²) in [5.74, 6) is 0.354. The van der Waals surface area contributed by atoms with E-state index in [1.54, 1.807) is 0 Å². The largest absolute Gasteiger partial charge is 0.312 e. The Morgan fingerprint density at radius 1 is 0.808 bits per heavy atom. The fourth-order valence-corrected chi connectivity index (χ4v) is 4.49. The van der Waals surface area contributed by atoms with Crippen LogP contribution in [0.15, 0.2) is 60.7 Å². The number of likely N-dealkylation sites (tertiary alicyclic amines) is 1. The zero-order valence-electron chi connectivity index (χ0n) is 15.4. The standard InChI is InChI=1S/C23H28N2O/c26-22-23(15-19-25(22)21-11-5-2-6-12-21)13-17-24(18-14-23)16-7-10-20-8-3-1-4-9-20/h1-6,8-9,11-12H,7,10,13-19H2. The van der Waals surface area contributed by atoms with Gasteiger partial charge < -0.3 is 9.80 Å². The van der Waals surface area contributed by atoms with E-state index in [4.69, 9.17) is 0 Å². The Labute approximate surface area is 156 Å². The zero-order valence-corrected chi connectivity index (χ0v) is 15.4. The highest BCUT2D eigenvalue weighted by Crippen LogP contribution is 2.43. The fourth-order valence-electron chi connectivity index (χ4n) is 4.49. The molecule has 0 aromatic heterocycles. The normalized spacial score (nSPS) is 20.0. The van der Waals surface area contributed by atoms with Crippen molar-refractivity contribution in [1.82, 2.24) is 4.90 Å². The van der Waals surface area contributed by atoms with E-state index in [-0.39, 0.29) is 5.41 Å². The van der Waals surface area contributed by atoms with E-state index < -0.39 is 0 Å². The Morgan fingerprint density at radius 3 is 2.12 bits per heavy atom. The smallest absolute Gasteiger partial charge is 0.233 e. The van der Waals surface area contributed by atoms with Crippen molar-refractivity contribution in [2.45, 2.75) is 32.1 Å². The maximum absolute atomic E-state index is 13.1. The number of amides is 1. The van der Waals surface area contributed by atoms with Gasteiger partial charge in [-0.2, -0.15) is 0 Å². The van der Waals surface area contributed by atoms with Crippen LogP contribution in [-0.2, 0) is 11.2 Å². The van der Waals surface area contributed by atoms with Crippen LogP contribution in [0.5, 0.6) is 0 Å². The van der Waals surface area contributed by atoms with Crippen molar-refractivity contribution in [3.05, 3.63) is 66.2 Å². The van der Waals surface area contributed by atoms with Gasteiger partial charge in [0.15, 0.2) is 0 Å². The molecule has 0 atom stereocenters. The Balaban J connectivity index is 1.29.